The summed E-state index contributed by atoms with van der Waals surface area (Å²) in [5.74, 6) is 0.985. The third kappa shape index (κ3) is 4.33. The Labute approximate surface area is 164 Å². The van der Waals surface area contributed by atoms with Crippen molar-refractivity contribution < 1.29 is 9.53 Å². The van der Waals surface area contributed by atoms with Crippen molar-refractivity contribution in [2.45, 2.75) is 40.7 Å². The van der Waals surface area contributed by atoms with Crippen LogP contribution in [0.5, 0.6) is 5.88 Å². The van der Waals surface area contributed by atoms with Gasteiger partial charge >= 0.3 is 0 Å². The molecule has 0 aliphatic rings. The molecule has 0 radical (unpaired) electrons. The van der Waals surface area contributed by atoms with Crippen molar-refractivity contribution in [3.63, 3.8) is 0 Å². The number of hydrogen-bond donors (Lipinski definition) is 1. The third-order valence-electron chi connectivity index (χ3n) is 4.43. The normalized spacial score (nSPS) is 10.8. The van der Waals surface area contributed by atoms with E-state index in [2.05, 4.69) is 25.4 Å². The molecule has 28 heavy (non-hydrogen) atoms. The highest BCUT2D eigenvalue weighted by Crippen LogP contribution is 2.17. The molecule has 0 fully saturated rings. The first-order valence-corrected chi connectivity index (χ1v) is 9.00. The van der Waals surface area contributed by atoms with Gasteiger partial charge in [0.1, 0.15) is 0 Å². The molecule has 8 nitrogen and oxygen atoms in total. The van der Waals surface area contributed by atoms with E-state index in [0.29, 0.717) is 18.4 Å². The minimum absolute atomic E-state index is 0.0806. The fourth-order valence-corrected chi connectivity index (χ4v) is 2.99. The largest absolute Gasteiger partial charge is 0.481 e. The van der Waals surface area contributed by atoms with E-state index in [1.54, 1.807) is 24.1 Å². The van der Waals surface area contributed by atoms with Crippen LogP contribution in [0.1, 0.15) is 33.9 Å². The number of carbonyl (C=O) groups excluding carboxylic acids is 1. The maximum Gasteiger partial charge on any atom is 0.251 e. The molecule has 0 atom stereocenters. The molecule has 3 aromatic heterocycles. The first-order chi connectivity index (χ1) is 13.4. The number of nitrogens with one attached hydrogen (secondary N) is 1. The lowest BCUT2D eigenvalue weighted by atomic mass is 10.1. The van der Waals surface area contributed by atoms with E-state index >= 15 is 0 Å². The van der Waals surface area contributed by atoms with Crippen molar-refractivity contribution in [2.24, 2.45) is 0 Å². The van der Waals surface area contributed by atoms with E-state index in [0.717, 1.165) is 33.9 Å². The summed E-state index contributed by atoms with van der Waals surface area (Å²) in [6.45, 7) is 8.07. The van der Waals surface area contributed by atoms with Gasteiger partial charge in [-0.05, 0) is 39.3 Å². The molecule has 1 N–H and O–H groups in total. The average molecular weight is 380 g/mol. The quantitative estimate of drug-likeness (QED) is 0.704. The smallest absolute Gasteiger partial charge is 0.251 e. The molecule has 0 bridgehead atoms. The standard InChI is InChI=1S/C20H24N6O2/c1-12-8-13(2)24-20(23-12)26-15(4)17(14(3)25-26)9-18(27)21-10-16-6-7-19(28-5)22-11-16/h6-8,11H,9-10H2,1-5H3,(H,21,27). The van der Waals surface area contributed by atoms with Gasteiger partial charge < -0.3 is 10.1 Å². The summed E-state index contributed by atoms with van der Waals surface area (Å²) in [4.78, 5) is 25.5. The molecule has 0 saturated heterocycles. The fraction of sp³-hybridized carbons (Fsp3) is 0.350. The number of rotatable bonds is 6. The Hall–Kier alpha value is -3.29. The lowest BCUT2D eigenvalue weighted by Crippen LogP contribution is -2.25. The van der Waals surface area contributed by atoms with Crippen LogP contribution < -0.4 is 10.1 Å². The van der Waals surface area contributed by atoms with Crippen molar-refractivity contribution in [3.8, 4) is 11.8 Å². The van der Waals surface area contributed by atoms with E-state index < -0.39 is 0 Å². The van der Waals surface area contributed by atoms with Gasteiger partial charge in [0.15, 0.2) is 0 Å². The summed E-state index contributed by atoms with van der Waals surface area (Å²) in [6, 6.07) is 5.55. The van der Waals surface area contributed by atoms with Gasteiger partial charge in [0, 0.05) is 41.5 Å². The van der Waals surface area contributed by atoms with Crippen LogP contribution in [0.25, 0.3) is 5.95 Å². The summed E-state index contributed by atoms with van der Waals surface area (Å²) in [6.07, 6.45) is 1.93. The molecule has 0 aromatic carbocycles. The highest BCUT2D eigenvalue weighted by Gasteiger charge is 2.17. The summed E-state index contributed by atoms with van der Waals surface area (Å²) >= 11 is 0. The number of ether oxygens (including phenoxy) is 1. The van der Waals surface area contributed by atoms with E-state index in [9.17, 15) is 4.79 Å². The molecule has 8 heteroatoms. The van der Waals surface area contributed by atoms with Crippen LogP contribution in [0, 0.1) is 27.7 Å². The van der Waals surface area contributed by atoms with Crippen LogP contribution >= 0.6 is 0 Å². The molecule has 3 aromatic rings. The number of aromatic nitrogens is 5. The van der Waals surface area contributed by atoms with Gasteiger partial charge in [-0.1, -0.05) is 6.07 Å². The molecule has 0 saturated carbocycles. The van der Waals surface area contributed by atoms with Crippen LogP contribution in [0.4, 0.5) is 0 Å². The molecule has 146 valence electrons. The lowest BCUT2D eigenvalue weighted by Gasteiger charge is -2.07. The third-order valence-corrected chi connectivity index (χ3v) is 4.43. The van der Waals surface area contributed by atoms with E-state index in [1.165, 1.54) is 0 Å². The van der Waals surface area contributed by atoms with Gasteiger partial charge in [0.2, 0.25) is 11.8 Å². The number of hydrogen-bond acceptors (Lipinski definition) is 6. The van der Waals surface area contributed by atoms with Gasteiger partial charge in [-0.3, -0.25) is 4.79 Å². The summed E-state index contributed by atoms with van der Waals surface area (Å²) in [5, 5.41) is 7.46. The Morgan fingerprint density at radius 1 is 1.14 bits per heavy atom. The second-order valence-corrected chi connectivity index (χ2v) is 6.67. The van der Waals surface area contributed by atoms with E-state index in [1.807, 2.05) is 39.8 Å². The predicted molar refractivity (Wildman–Crippen MR) is 104 cm³/mol. The maximum atomic E-state index is 12.4. The second-order valence-electron chi connectivity index (χ2n) is 6.67. The molecule has 0 aliphatic heterocycles. The minimum Gasteiger partial charge on any atom is -0.481 e. The lowest BCUT2D eigenvalue weighted by molar-refractivity contribution is -0.120. The highest BCUT2D eigenvalue weighted by molar-refractivity contribution is 5.79. The number of methoxy groups -OCH3 is 1. The number of carbonyl (C=O) groups is 1. The van der Waals surface area contributed by atoms with Crippen LogP contribution in [-0.2, 0) is 17.8 Å². The molecule has 0 aliphatic carbocycles. The minimum atomic E-state index is -0.0806. The summed E-state index contributed by atoms with van der Waals surface area (Å²) < 4.78 is 6.74. The number of amides is 1. The Morgan fingerprint density at radius 2 is 1.86 bits per heavy atom. The molecular weight excluding hydrogens is 356 g/mol. The van der Waals surface area contributed by atoms with Gasteiger partial charge in [-0.15, -0.1) is 0 Å². The van der Waals surface area contributed by atoms with E-state index in [-0.39, 0.29) is 12.3 Å². The predicted octanol–water partition coefficient (Wildman–Crippen LogP) is 2.16. The summed E-state index contributed by atoms with van der Waals surface area (Å²) in [7, 11) is 1.57. The Morgan fingerprint density at radius 3 is 2.46 bits per heavy atom. The zero-order chi connectivity index (χ0) is 20.3. The van der Waals surface area contributed by atoms with Gasteiger partial charge in [-0.25, -0.2) is 19.6 Å². The first kappa shape index (κ1) is 19.5. The Balaban J connectivity index is 1.71. The van der Waals surface area contributed by atoms with Gasteiger partial charge in [-0.2, -0.15) is 5.10 Å². The number of nitrogens with zero attached hydrogens (tertiary/aromatic N) is 5. The van der Waals surface area contributed by atoms with Crippen LogP contribution in [-0.4, -0.2) is 37.7 Å². The van der Waals surface area contributed by atoms with Crippen molar-refractivity contribution in [1.29, 1.82) is 0 Å². The molecule has 0 spiro atoms. The SMILES string of the molecule is COc1ccc(CNC(=O)Cc2c(C)nn(-c3nc(C)cc(C)n3)c2C)cn1. The van der Waals surface area contributed by atoms with Crippen molar-refractivity contribution >= 4 is 5.91 Å². The molecule has 3 rings (SSSR count). The molecule has 3 heterocycles. The van der Waals surface area contributed by atoms with E-state index in [4.69, 9.17) is 4.74 Å². The monoisotopic (exact) mass is 380 g/mol. The molecule has 0 unspecified atom stereocenters. The number of pyridine rings is 1. The fourth-order valence-electron chi connectivity index (χ4n) is 2.99. The first-order valence-electron chi connectivity index (χ1n) is 9.00. The Kier molecular flexibility index (Phi) is 5.67. The van der Waals surface area contributed by atoms with Gasteiger partial charge in [0.25, 0.3) is 5.95 Å². The topological polar surface area (TPSA) is 94.8 Å². The van der Waals surface area contributed by atoms with Gasteiger partial charge in [0.05, 0.1) is 19.2 Å². The second kappa shape index (κ2) is 8.16. The van der Waals surface area contributed by atoms with Crippen LogP contribution in [0.2, 0.25) is 0 Å². The van der Waals surface area contributed by atoms with Crippen LogP contribution in [0.3, 0.4) is 0 Å². The molecular formula is C20H24N6O2. The average Bonchev–Trinajstić information content (AvgIpc) is 2.94. The summed E-state index contributed by atoms with van der Waals surface area (Å²) in [5.41, 5.74) is 5.20. The maximum absolute atomic E-state index is 12.4. The van der Waals surface area contributed by atoms with Crippen molar-refractivity contribution in [1.82, 2.24) is 30.0 Å². The number of aryl methyl sites for hydroxylation is 3. The zero-order valence-corrected chi connectivity index (χ0v) is 16.8. The van der Waals surface area contributed by atoms with Crippen LogP contribution in [0.15, 0.2) is 24.4 Å². The van der Waals surface area contributed by atoms with Crippen molar-refractivity contribution in [2.75, 3.05) is 7.11 Å². The molecule has 1 amide bonds. The zero-order valence-electron chi connectivity index (χ0n) is 16.8. The Bertz CT molecular complexity index is 974. The van der Waals surface area contributed by atoms with Crippen molar-refractivity contribution in [3.05, 3.63) is 58.3 Å². The highest BCUT2D eigenvalue weighted by atomic mass is 16.5.